The fourth-order valence-corrected chi connectivity index (χ4v) is 5.29. The third-order valence-electron chi connectivity index (χ3n) is 7.48. The highest BCUT2D eigenvalue weighted by Gasteiger charge is 2.32. The first-order chi connectivity index (χ1) is 19.6. The maximum absolute atomic E-state index is 13.6. The molecule has 2 amide bonds. The smallest absolute Gasteiger partial charge is 0.382 e. The van der Waals surface area contributed by atoms with Gasteiger partial charge in [-0.1, -0.05) is 12.1 Å². The Bertz CT molecular complexity index is 1590. The van der Waals surface area contributed by atoms with E-state index in [0.717, 1.165) is 79.0 Å². The van der Waals surface area contributed by atoms with Crippen LogP contribution in [0.15, 0.2) is 48.5 Å². The zero-order chi connectivity index (χ0) is 28.7. The van der Waals surface area contributed by atoms with Crippen LogP contribution >= 0.6 is 0 Å². The number of nitrogens with one attached hydrogen (secondary N) is 3. The number of pyridine rings is 1. The molecule has 0 spiro atoms. The van der Waals surface area contributed by atoms with Crippen molar-refractivity contribution in [3.8, 4) is 11.1 Å². The van der Waals surface area contributed by atoms with Crippen LogP contribution in [0.4, 0.5) is 35.2 Å². The molecule has 0 radical (unpaired) electrons. The van der Waals surface area contributed by atoms with Crippen LogP contribution < -0.4 is 21.7 Å². The fraction of sp³-hybridized carbons (Fsp3) is 0.345. The van der Waals surface area contributed by atoms with Crippen LogP contribution in [0.1, 0.15) is 35.6 Å². The van der Waals surface area contributed by atoms with Crippen LogP contribution in [0.2, 0.25) is 0 Å². The van der Waals surface area contributed by atoms with E-state index in [1.807, 2.05) is 19.2 Å². The molecule has 1 aliphatic carbocycles. The second-order valence-corrected chi connectivity index (χ2v) is 10.7. The minimum atomic E-state index is -4.53. The first-order valence-corrected chi connectivity index (χ1v) is 13.6. The summed E-state index contributed by atoms with van der Waals surface area (Å²) in [6.45, 7) is 3.43. The number of nitrogen functional groups attached to an aromatic ring is 1. The lowest BCUT2D eigenvalue weighted by Gasteiger charge is -2.27. The molecule has 1 saturated carbocycles. The molecule has 0 unspecified atom stereocenters. The van der Waals surface area contributed by atoms with E-state index in [1.165, 1.54) is 0 Å². The second kappa shape index (κ2) is 10.7. The quantitative estimate of drug-likeness (QED) is 0.257. The monoisotopic (exact) mass is 564 g/mol. The van der Waals surface area contributed by atoms with Gasteiger partial charge in [-0.15, -0.1) is 0 Å². The Labute approximate surface area is 234 Å². The number of fused-ring (bicyclic) bond motifs is 1. The number of nitrogens with two attached hydrogens (primary N) is 1. The van der Waals surface area contributed by atoms with E-state index in [1.54, 1.807) is 22.9 Å². The number of piperazine rings is 1. The molecule has 41 heavy (non-hydrogen) atoms. The number of rotatable bonds is 6. The highest BCUT2D eigenvalue weighted by atomic mass is 19.4. The number of alkyl halides is 3. The Hall–Kier alpha value is -4.16. The molecule has 0 atom stereocenters. The Kier molecular flexibility index (Phi) is 7.04. The van der Waals surface area contributed by atoms with Crippen LogP contribution in [0.25, 0.3) is 22.2 Å². The van der Waals surface area contributed by atoms with E-state index < -0.39 is 17.8 Å². The van der Waals surface area contributed by atoms with E-state index in [-0.39, 0.29) is 5.69 Å². The number of urea groups is 1. The van der Waals surface area contributed by atoms with Crippen molar-refractivity contribution in [1.82, 2.24) is 25.0 Å². The van der Waals surface area contributed by atoms with Crippen LogP contribution in [-0.2, 0) is 19.8 Å². The van der Waals surface area contributed by atoms with E-state index in [9.17, 15) is 18.0 Å². The van der Waals surface area contributed by atoms with Gasteiger partial charge >= 0.3 is 12.2 Å². The molecule has 2 aromatic carbocycles. The molecule has 3 heterocycles. The number of hydrogen-bond acceptors (Lipinski definition) is 6. The van der Waals surface area contributed by atoms with E-state index >= 15 is 0 Å². The van der Waals surface area contributed by atoms with Crippen molar-refractivity contribution in [3.63, 3.8) is 0 Å². The average Bonchev–Trinajstić information content (AvgIpc) is 3.74. The third-order valence-corrected chi connectivity index (χ3v) is 7.48. The maximum Gasteiger partial charge on any atom is 0.416 e. The van der Waals surface area contributed by atoms with Crippen LogP contribution in [0, 0.1) is 0 Å². The average molecular weight is 565 g/mol. The number of hydrogen-bond donors (Lipinski definition) is 4. The number of carbonyl (C=O) groups excluding carboxylic acids is 1. The number of aryl methyl sites for hydroxylation is 1. The molecule has 2 fully saturated rings. The first-order valence-electron chi connectivity index (χ1n) is 13.6. The van der Waals surface area contributed by atoms with Gasteiger partial charge in [-0.2, -0.15) is 18.3 Å². The predicted octanol–water partition coefficient (Wildman–Crippen LogP) is 5.16. The van der Waals surface area contributed by atoms with Gasteiger partial charge < -0.3 is 21.7 Å². The predicted molar refractivity (Wildman–Crippen MR) is 153 cm³/mol. The van der Waals surface area contributed by atoms with Crippen molar-refractivity contribution >= 4 is 34.3 Å². The SMILES string of the molecule is Cn1nc(N)c2c(-c3ccc(NC(=O)Nc4cc(CN5CCNCC5)cc(C(F)(F)F)c4)cc3)cc(C3CC3)nc21. The van der Waals surface area contributed by atoms with Crippen molar-refractivity contribution < 1.29 is 18.0 Å². The van der Waals surface area contributed by atoms with Gasteiger partial charge in [0.2, 0.25) is 0 Å². The molecule has 2 aliphatic rings. The zero-order valence-electron chi connectivity index (χ0n) is 22.6. The lowest BCUT2D eigenvalue weighted by Crippen LogP contribution is -2.42. The molecule has 4 aromatic rings. The van der Waals surface area contributed by atoms with Crippen LogP contribution in [0.5, 0.6) is 0 Å². The molecule has 2 aromatic heterocycles. The van der Waals surface area contributed by atoms with Gasteiger partial charge in [-0.05, 0) is 65.9 Å². The fourth-order valence-electron chi connectivity index (χ4n) is 5.29. The van der Waals surface area contributed by atoms with Gasteiger partial charge in [0.25, 0.3) is 0 Å². The van der Waals surface area contributed by atoms with Gasteiger partial charge in [-0.3, -0.25) is 4.90 Å². The van der Waals surface area contributed by atoms with Crippen molar-refractivity contribution in [2.45, 2.75) is 31.5 Å². The van der Waals surface area contributed by atoms with Crippen molar-refractivity contribution in [2.24, 2.45) is 7.05 Å². The molecule has 5 N–H and O–H groups in total. The number of anilines is 3. The number of amides is 2. The highest BCUT2D eigenvalue weighted by molar-refractivity contribution is 6.02. The standard InChI is InChI=1S/C29H31F3N8O/c1-39-27-25(26(33)38-39)23(15-24(37-27)19-2-3-19)18-4-6-21(7-5-18)35-28(41)36-22-13-17(12-20(14-22)29(30,31)32)16-40-10-8-34-9-11-40/h4-7,12-15,19,34H,2-3,8-11,16H2,1H3,(H2,33,38)(H2,35,36,41). The van der Waals surface area contributed by atoms with E-state index in [2.05, 4.69) is 32.0 Å². The molecule has 0 bridgehead atoms. The number of aromatic nitrogens is 3. The minimum Gasteiger partial charge on any atom is -0.382 e. The molecule has 12 heteroatoms. The third kappa shape index (κ3) is 5.98. The molecular formula is C29H31F3N8O. The first kappa shape index (κ1) is 27.0. The highest BCUT2D eigenvalue weighted by Crippen LogP contribution is 2.42. The molecular weight excluding hydrogens is 533 g/mol. The van der Waals surface area contributed by atoms with Crippen molar-refractivity contribution in [1.29, 1.82) is 0 Å². The summed E-state index contributed by atoms with van der Waals surface area (Å²) in [5.41, 5.74) is 10.0. The summed E-state index contributed by atoms with van der Waals surface area (Å²) < 4.78 is 42.5. The molecule has 214 valence electrons. The van der Waals surface area contributed by atoms with Gasteiger partial charge in [0.15, 0.2) is 11.5 Å². The van der Waals surface area contributed by atoms with Gasteiger partial charge in [0.05, 0.1) is 10.9 Å². The lowest BCUT2D eigenvalue weighted by molar-refractivity contribution is -0.137. The molecule has 6 rings (SSSR count). The van der Waals surface area contributed by atoms with Crippen LogP contribution in [0.3, 0.4) is 0 Å². The Morgan fingerprint density at radius 3 is 2.44 bits per heavy atom. The van der Waals surface area contributed by atoms with Gasteiger partial charge in [0, 0.05) is 62.8 Å². The zero-order valence-corrected chi connectivity index (χ0v) is 22.6. The summed E-state index contributed by atoms with van der Waals surface area (Å²) in [4.78, 5) is 19.7. The topological polar surface area (TPSA) is 113 Å². The number of benzene rings is 2. The Morgan fingerprint density at radius 2 is 1.76 bits per heavy atom. The van der Waals surface area contributed by atoms with Gasteiger partial charge in [0.1, 0.15) is 0 Å². The summed E-state index contributed by atoms with van der Waals surface area (Å²) in [6.07, 6.45) is -2.32. The van der Waals surface area contributed by atoms with E-state index in [4.69, 9.17) is 10.7 Å². The molecule has 1 aliphatic heterocycles. The molecule has 1 saturated heterocycles. The summed E-state index contributed by atoms with van der Waals surface area (Å²) in [6, 6.07) is 12.3. The summed E-state index contributed by atoms with van der Waals surface area (Å²) in [7, 11) is 1.82. The van der Waals surface area contributed by atoms with Gasteiger partial charge in [-0.25, -0.2) is 14.5 Å². The number of halogens is 3. The number of carbonyl (C=O) groups is 1. The van der Waals surface area contributed by atoms with Crippen molar-refractivity contribution in [2.75, 3.05) is 42.5 Å². The Morgan fingerprint density at radius 1 is 1.05 bits per heavy atom. The summed E-state index contributed by atoms with van der Waals surface area (Å²) in [5, 5.41) is 13.6. The second-order valence-electron chi connectivity index (χ2n) is 10.7. The molecule has 9 nitrogen and oxygen atoms in total. The van der Waals surface area contributed by atoms with E-state index in [0.29, 0.717) is 29.5 Å². The summed E-state index contributed by atoms with van der Waals surface area (Å²) in [5.74, 6) is 0.832. The summed E-state index contributed by atoms with van der Waals surface area (Å²) >= 11 is 0. The van der Waals surface area contributed by atoms with Crippen LogP contribution in [-0.4, -0.2) is 51.9 Å². The maximum atomic E-state index is 13.6. The largest absolute Gasteiger partial charge is 0.416 e. The Balaban J connectivity index is 1.20. The van der Waals surface area contributed by atoms with Crippen molar-refractivity contribution in [3.05, 3.63) is 65.4 Å². The lowest BCUT2D eigenvalue weighted by atomic mass is 10.0. The number of nitrogens with zero attached hydrogens (tertiary/aromatic N) is 4. The normalized spacial score (nSPS) is 16.2. The minimum absolute atomic E-state index is 0.0814.